The fourth-order valence-electron chi connectivity index (χ4n) is 1.40. The van der Waals surface area contributed by atoms with Crippen LogP contribution in [0.2, 0.25) is 0 Å². The smallest absolute Gasteiger partial charge is 0.192 e. The minimum absolute atomic E-state index is 0.307. The van der Waals surface area contributed by atoms with Gasteiger partial charge in [0.1, 0.15) is 0 Å². The van der Waals surface area contributed by atoms with Crippen LogP contribution in [0.15, 0.2) is 32.7 Å². The molecule has 3 nitrogen and oxygen atoms in total. The van der Waals surface area contributed by atoms with Crippen LogP contribution in [0.25, 0.3) is 0 Å². The molecule has 0 aliphatic carbocycles. The third-order valence-electron chi connectivity index (χ3n) is 2.18. The molecule has 0 spiro atoms. The molecule has 0 aromatic carbocycles. The van der Waals surface area contributed by atoms with Crippen molar-refractivity contribution in [2.24, 2.45) is 0 Å². The van der Waals surface area contributed by atoms with Gasteiger partial charge in [0.05, 0.1) is 18.2 Å². The molecule has 0 unspecified atom stereocenters. The van der Waals surface area contributed by atoms with E-state index in [2.05, 4.69) is 0 Å². The minimum Gasteiger partial charge on any atom is -0.351 e. The molecule has 0 saturated carbocycles. The van der Waals surface area contributed by atoms with Gasteiger partial charge in [-0.25, -0.2) is 0 Å². The Balaban J connectivity index is 2.08. The molecule has 18 heavy (non-hydrogen) atoms. The highest BCUT2D eigenvalue weighted by Crippen LogP contribution is 2.38. The lowest BCUT2D eigenvalue weighted by molar-refractivity contribution is -0.103. The lowest BCUT2D eigenvalue weighted by atomic mass is 10.4. The lowest BCUT2D eigenvalue weighted by Crippen LogP contribution is -2.00. The topological polar surface area (TPSA) is 35.5 Å². The molecule has 0 aliphatic heterocycles. The summed E-state index contributed by atoms with van der Waals surface area (Å²) in [6.07, 6.45) is 0.568. The van der Waals surface area contributed by atoms with Crippen molar-refractivity contribution >= 4 is 40.7 Å². The van der Waals surface area contributed by atoms with E-state index in [0.717, 1.165) is 24.5 Å². The van der Waals surface area contributed by atoms with E-state index in [0.29, 0.717) is 0 Å². The molecule has 2 aromatic rings. The Morgan fingerprint density at radius 2 is 1.78 bits per heavy atom. The fraction of sp³-hybridized carbons (Fsp3) is 0.250. The van der Waals surface area contributed by atoms with Crippen LogP contribution < -0.4 is 0 Å². The van der Waals surface area contributed by atoms with Crippen LogP contribution in [0.1, 0.15) is 20.8 Å². The van der Waals surface area contributed by atoms with Crippen LogP contribution in [0.4, 0.5) is 0 Å². The third-order valence-corrected chi connectivity index (χ3v) is 5.56. The quantitative estimate of drug-likeness (QED) is 0.595. The highest BCUT2D eigenvalue weighted by Gasteiger charge is 2.12. The summed E-state index contributed by atoms with van der Waals surface area (Å²) in [4.78, 5) is 12.4. The SMILES string of the molecule is COC(OC)c1ccc(Sc2ccc(C=O)s2)s1. The van der Waals surface area contributed by atoms with E-state index in [1.165, 1.54) is 11.3 Å². The molecule has 0 atom stereocenters. The van der Waals surface area contributed by atoms with Gasteiger partial charge >= 0.3 is 0 Å². The number of hydrogen-bond donors (Lipinski definition) is 0. The van der Waals surface area contributed by atoms with E-state index >= 15 is 0 Å². The maximum absolute atomic E-state index is 10.6. The van der Waals surface area contributed by atoms with Gasteiger partial charge in [-0.2, -0.15) is 0 Å². The van der Waals surface area contributed by atoms with Crippen molar-refractivity contribution in [3.8, 4) is 0 Å². The average molecular weight is 300 g/mol. The molecule has 0 aliphatic rings. The first-order valence-corrected chi connectivity index (χ1v) is 7.60. The second-order valence-corrected chi connectivity index (χ2v) is 7.17. The maximum Gasteiger partial charge on any atom is 0.192 e. The molecule has 0 bridgehead atoms. The van der Waals surface area contributed by atoms with Crippen LogP contribution in [-0.4, -0.2) is 20.5 Å². The standard InChI is InChI=1S/C12H12O3S3/c1-14-12(15-2)9-4-6-11(17-9)18-10-5-3-8(7-13)16-10/h3-7,12H,1-2H3. The number of hydrogen-bond acceptors (Lipinski definition) is 6. The van der Waals surface area contributed by atoms with E-state index in [1.807, 2.05) is 24.3 Å². The molecular formula is C12H12O3S3. The van der Waals surface area contributed by atoms with Gasteiger partial charge in [-0.3, -0.25) is 4.79 Å². The number of carbonyl (C=O) groups is 1. The van der Waals surface area contributed by atoms with Crippen molar-refractivity contribution in [3.05, 3.63) is 34.0 Å². The van der Waals surface area contributed by atoms with Gasteiger partial charge in [-0.1, -0.05) is 11.8 Å². The van der Waals surface area contributed by atoms with E-state index in [1.54, 1.807) is 37.3 Å². The molecule has 0 fully saturated rings. The zero-order valence-electron chi connectivity index (χ0n) is 9.91. The Morgan fingerprint density at radius 3 is 2.39 bits per heavy atom. The zero-order valence-corrected chi connectivity index (χ0v) is 12.4. The monoisotopic (exact) mass is 300 g/mol. The van der Waals surface area contributed by atoms with Crippen molar-refractivity contribution in [2.75, 3.05) is 14.2 Å². The Hall–Kier alpha value is -0.660. The first-order chi connectivity index (χ1) is 8.76. The average Bonchev–Trinajstić information content (AvgIpc) is 3.01. The summed E-state index contributed by atoms with van der Waals surface area (Å²) in [5.74, 6) is 0. The van der Waals surface area contributed by atoms with Crippen LogP contribution in [0.5, 0.6) is 0 Å². The molecule has 96 valence electrons. The first kappa shape index (κ1) is 13.8. The van der Waals surface area contributed by atoms with E-state index < -0.39 is 0 Å². The molecule has 6 heteroatoms. The van der Waals surface area contributed by atoms with Gasteiger partial charge in [0, 0.05) is 14.2 Å². The zero-order chi connectivity index (χ0) is 13.0. The predicted molar refractivity (Wildman–Crippen MR) is 74.9 cm³/mol. The second kappa shape index (κ2) is 6.49. The molecule has 0 N–H and O–H groups in total. The number of carbonyl (C=O) groups excluding carboxylic acids is 1. The van der Waals surface area contributed by atoms with Gasteiger partial charge in [-0.15, -0.1) is 22.7 Å². The van der Waals surface area contributed by atoms with E-state index in [9.17, 15) is 4.79 Å². The molecule has 0 saturated heterocycles. The summed E-state index contributed by atoms with van der Waals surface area (Å²) in [7, 11) is 3.24. The van der Waals surface area contributed by atoms with Crippen molar-refractivity contribution in [3.63, 3.8) is 0 Å². The Kier molecular flexibility index (Phi) is 4.96. The number of methoxy groups -OCH3 is 2. The van der Waals surface area contributed by atoms with Gasteiger partial charge in [0.25, 0.3) is 0 Å². The van der Waals surface area contributed by atoms with Crippen LogP contribution >= 0.6 is 34.4 Å². The van der Waals surface area contributed by atoms with Gasteiger partial charge in [-0.05, 0) is 24.3 Å². The van der Waals surface area contributed by atoms with Crippen LogP contribution in [0.3, 0.4) is 0 Å². The molecular weight excluding hydrogens is 288 g/mol. The maximum atomic E-state index is 10.6. The first-order valence-electron chi connectivity index (χ1n) is 5.15. The second-order valence-electron chi connectivity index (χ2n) is 3.34. The molecule has 2 rings (SSSR count). The van der Waals surface area contributed by atoms with Crippen LogP contribution in [0, 0.1) is 0 Å². The summed E-state index contributed by atoms with van der Waals surface area (Å²) in [6, 6.07) is 7.83. The molecule has 0 radical (unpaired) electrons. The summed E-state index contributed by atoms with van der Waals surface area (Å²) in [5, 5.41) is 0. The fourth-order valence-corrected chi connectivity index (χ4v) is 4.82. The molecule has 0 amide bonds. The highest BCUT2D eigenvalue weighted by molar-refractivity contribution is 8.02. The van der Waals surface area contributed by atoms with E-state index in [4.69, 9.17) is 9.47 Å². The van der Waals surface area contributed by atoms with Crippen molar-refractivity contribution in [1.82, 2.24) is 0 Å². The summed E-state index contributed by atoms with van der Waals surface area (Å²) in [6.45, 7) is 0. The third kappa shape index (κ3) is 3.21. The number of ether oxygens (including phenoxy) is 2. The summed E-state index contributed by atoms with van der Waals surface area (Å²) < 4.78 is 12.7. The van der Waals surface area contributed by atoms with Crippen molar-refractivity contribution in [2.45, 2.75) is 14.7 Å². The van der Waals surface area contributed by atoms with Crippen LogP contribution in [-0.2, 0) is 9.47 Å². The number of thiophene rings is 2. The Bertz CT molecular complexity index is 514. The van der Waals surface area contributed by atoms with Gasteiger partial charge < -0.3 is 9.47 Å². The summed E-state index contributed by atoms with van der Waals surface area (Å²) >= 11 is 4.78. The van der Waals surface area contributed by atoms with Gasteiger partial charge in [0.15, 0.2) is 12.6 Å². The number of aldehydes is 1. The van der Waals surface area contributed by atoms with Gasteiger partial charge in [0.2, 0.25) is 0 Å². The number of rotatable bonds is 6. The van der Waals surface area contributed by atoms with Crippen molar-refractivity contribution < 1.29 is 14.3 Å². The highest BCUT2D eigenvalue weighted by atomic mass is 32.2. The predicted octanol–water partition coefficient (Wildman–Crippen LogP) is 4.06. The minimum atomic E-state index is -0.307. The normalized spacial score (nSPS) is 11.1. The Labute approximate surface area is 118 Å². The molecule has 2 heterocycles. The largest absolute Gasteiger partial charge is 0.351 e. The lowest BCUT2D eigenvalue weighted by Gasteiger charge is -2.10. The Morgan fingerprint density at radius 1 is 1.11 bits per heavy atom. The molecule has 2 aromatic heterocycles. The van der Waals surface area contributed by atoms with E-state index in [-0.39, 0.29) is 6.29 Å². The van der Waals surface area contributed by atoms with Crippen molar-refractivity contribution in [1.29, 1.82) is 0 Å². The summed E-state index contributed by atoms with van der Waals surface area (Å²) in [5.41, 5.74) is 0.